The predicted molar refractivity (Wildman–Crippen MR) is 118 cm³/mol. The second-order valence-electron chi connectivity index (χ2n) is 9.73. The third-order valence-corrected chi connectivity index (χ3v) is 8.46. The number of para-hydroxylation sites is 1. The molecule has 0 bridgehead atoms. The standard InChI is InChI=1S/C22H34N4O4S/c1-16(2)13-26-14-22(15-30-19-6-4-5-7-20(19)31(26,28)29)8-10-25(11-9-22)21(27)18-12-17(3)23-24-18/h4-7,16-18,23-24H,8-15H2,1-3H3. The van der Waals surface area contributed by atoms with Crippen molar-refractivity contribution in [3.63, 3.8) is 0 Å². The first-order valence-electron chi connectivity index (χ1n) is 11.2. The molecule has 2 saturated heterocycles. The molecule has 2 atom stereocenters. The number of nitrogens with one attached hydrogen (secondary N) is 2. The van der Waals surface area contributed by atoms with Gasteiger partial charge in [-0.15, -0.1) is 0 Å². The van der Waals surface area contributed by atoms with Crippen molar-refractivity contribution >= 4 is 15.9 Å². The summed E-state index contributed by atoms with van der Waals surface area (Å²) in [6.45, 7) is 8.70. The van der Waals surface area contributed by atoms with Gasteiger partial charge < -0.3 is 9.64 Å². The molecule has 31 heavy (non-hydrogen) atoms. The van der Waals surface area contributed by atoms with Crippen LogP contribution in [-0.2, 0) is 14.8 Å². The molecule has 3 heterocycles. The number of ether oxygens (including phenoxy) is 1. The zero-order valence-corrected chi connectivity index (χ0v) is 19.5. The Morgan fingerprint density at radius 2 is 1.94 bits per heavy atom. The van der Waals surface area contributed by atoms with Gasteiger partial charge >= 0.3 is 0 Å². The Hall–Kier alpha value is -1.68. The van der Waals surface area contributed by atoms with E-state index in [0.717, 1.165) is 19.3 Å². The van der Waals surface area contributed by atoms with Crippen LogP contribution in [0.15, 0.2) is 29.2 Å². The van der Waals surface area contributed by atoms with E-state index < -0.39 is 10.0 Å². The van der Waals surface area contributed by atoms with Gasteiger partial charge in [0.25, 0.3) is 0 Å². The molecule has 1 aromatic carbocycles. The minimum absolute atomic E-state index is 0.121. The van der Waals surface area contributed by atoms with Crippen LogP contribution in [0, 0.1) is 11.3 Å². The first kappa shape index (κ1) is 22.5. The Morgan fingerprint density at radius 3 is 2.58 bits per heavy atom. The van der Waals surface area contributed by atoms with E-state index in [2.05, 4.69) is 17.8 Å². The van der Waals surface area contributed by atoms with E-state index in [1.807, 2.05) is 18.7 Å². The molecule has 1 aromatic rings. The zero-order chi connectivity index (χ0) is 22.2. The molecule has 2 N–H and O–H groups in total. The molecular weight excluding hydrogens is 416 g/mol. The molecule has 3 aliphatic rings. The number of carbonyl (C=O) groups is 1. The number of likely N-dealkylation sites (tertiary alicyclic amines) is 1. The highest BCUT2D eigenvalue weighted by molar-refractivity contribution is 7.89. The maximum Gasteiger partial charge on any atom is 0.246 e. The van der Waals surface area contributed by atoms with E-state index in [1.54, 1.807) is 28.6 Å². The van der Waals surface area contributed by atoms with Gasteiger partial charge in [-0.25, -0.2) is 13.8 Å². The molecular formula is C22H34N4O4S. The molecule has 1 spiro atoms. The first-order chi connectivity index (χ1) is 14.7. The summed E-state index contributed by atoms with van der Waals surface area (Å²) < 4.78 is 34.7. The molecule has 0 aromatic heterocycles. The number of benzene rings is 1. The molecule has 8 nitrogen and oxygen atoms in total. The average Bonchev–Trinajstić information content (AvgIpc) is 3.17. The Bertz CT molecular complexity index is 912. The third-order valence-electron chi connectivity index (χ3n) is 6.61. The van der Waals surface area contributed by atoms with Crippen LogP contribution in [0.1, 0.15) is 40.0 Å². The van der Waals surface area contributed by atoms with Gasteiger partial charge in [-0.2, -0.15) is 4.31 Å². The fourth-order valence-electron chi connectivity index (χ4n) is 4.83. The van der Waals surface area contributed by atoms with Gasteiger partial charge in [0.15, 0.2) is 0 Å². The molecule has 9 heteroatoms. The number of hydrogen-bond acceptors (Lipinski definition) is 6. The molecule has 1 amide bonds. The summed E-state index contributed by atoms with van der Waals surface area (Å²) in [6, 6.07) is 6.99. The van der Waals surface area contributed by atoms with Gasteiger partial charge in [0, 0.05) is 37.6 Å². The number of nitrogens with zero attached hydrogens (tertiary/aromatic N) is 2. The molecule has 4 rings (SSSR count). The van der Waals surface area contributed by atoms with Crippen LogP contribution >= 0.6 is 0 Å². The van der Waals surface area contributed by atoms with E-state index in [4.69, 9.17) is 4.74 Å². The van der Waals surface area contributed by atoms with Crippen molar-refractivity contribution in [1.82, 2.24) is 20.1 Å². The lowest BCUT2D eigenvalue weighted by molar-refractivity contribution is -0.136. The van der Waals surface area contributed by atoms with E-state index in [-0.39, 0.29) is 34.2 Å². The minimum atomic E-state index is -3.65. The lowest BCUT2D eigenvalue weighted by Gasteiger charge is -2.45. The Kier molecular flexibility index (Phi) is 6.31. The molecule has 172 valence electrons. The van der Waals surface area contributed by atoms with Crippen molar-refractivity contribution in [2.75, 3.05) is 32.8 Å². The molecule has 0 saturated carbocycles. The van der Waals surface area contributed by atoms with Gasteiger partial charge in [-0.05, 0) is 44.2 Å². The summed E-state index contributed by atoms with van der Waals surface area (Å²) in [5.41, 5.74) is 5.90. The van der Waals surface area contributed by atoms with E-state index >= 15 is 0 Å². The Balaban J connectivity index is 1.54. The molecule has 3 aliphatic heterocycles. The number of rotatable bonds is 3. The SMILES string of the molecule is CC(C)CN1CC2(CCN(C(=O)C3CC(C)NN3)CC2)COc2ccccc2S1(=O)=O. The molecule has 2 unspecified atom stereocenters. The van der Waals surface area contributed by atoms with Crippen LogP contribution < -0.4 is 15.6 Å². The quantitative estimate of drug-likeness (QED) is 0.727. The zero-order valence-electron chi connectivity index (χ0n) is 18.6. The normalized spacial score (nSPS) is 28.1. The number of hydrogen-bond donors (Lipinski definition) is 2. The van der Waals surface area contributed by atoms with Crippen LogP contribution in [-0.4, -0.2) is 68.4 Å². The van der Waals surface area contributed by atoms with Crippen molar-refractivity contribution in [2.45, 2.75) is 57.0 Å². The lowest BCUT2D eigenvalue weighted by Crippen LogP contribution is -2.55. The van der Waals surface area contributed by atoms with Crippen molar-refractivity contribution in [1.29, 1.82) is 0 Å². The summed E-state index contributed by atoms with van der Waals surface area (Å²) in [7, 11) is -3.65. The number of sulfonamides is 1. The largest absolute Gasteiger partial charge is 0.492 e. The van der Waals surface area contributed by atoms with Crippen LogP contribution in [0.5, 0.6) is 5.75 Å². The number of carbonyl (C=O) groups excluding carboxylic acids is 1. The minimum Gasteiger partial charge on any atom is -0.492 e. The Morgan fingerprint density at radius 1 is 1.23 bits per heavy atom. The highest BCUT2D eigenvalue weighted by Gasteiger charge is 2.44. The highest BCUT2D eigenvalue weighted by Crippen LogP contribution is 2.39. The second-order valence-corrected chi connectivity index (χ2v) is 11.6. The maximum absolute atomic E-state index is 13.5. The van der Waals surface area contributed by atoms with Gasteiger partial charge in [-0.3, -0.25) is 10.2 Å². The summed E-state index contributed by atoms with van der Waals surface area (Å²) in [5.74, 6) is 0.753. The average molecular weight is 451 g/mol. The van der Waals surface area contributed by atoms with Gasteiger partial charge in [-0.1, -0.05) is 26.0 Å². The fourth-order valence-corrected chi connectivity index (χ4v) is 6.68. The summed E-state index contributed by atoms with van der Waals surface area (Å²) >= 11 is 0. The smallest absolute Gasteiger partial charge is 0.246 e. The van der Waals surface area contributed by atoms with Crippen molar-refractivity contribution in [3.05, 3.63) is 24.3 Å². The number of piperidine rings is 1. The van der Waals surface area contributed by atoms with E-state index in [1.165, 1.54) is 0 Å². The topological polar surface area (TPSA) is 91.0 Å². The van der Waals surface area contributed by atoms with Gasteiger partial charge in [0.1, 0.15) is 16.7 Å². The van der Waals surface area contributed by atoms with Crippen LogP contribution in [0.25, 0.3) is 0 Å². The van der Waals surface area contributed by atoms with Crippen molar-refractivity contribution in [2.24, 2.45) is 11.3 Å². The highest BCUT2D eigenvalue weighted by atomic mass is 32.2. The van der Waals surface area contributed by atoms with Crippen LogP contribution in [0.4, 0.5) is 0 Å². The number of amides is 1. The Labute approximate surface area is 185 Å². The summed E-state index contributed by atoms with van der Waals surface area (Å²) in [5, 5.41) is 0. The van der Waals surface area contributed by atoms with E-state index in [0.29, 0.717) is 38.5 Å². The number of hydrazine groups is 1. The van der Waals surface area contributed by atoms with Gasteiger partial charge in [0.2, 0.25) is 15.9 Å². The lowest BCUT2D eigenvalue weighted by atomic mass is 9.78. The molecule has 0 aliphatic carbocycles. The fraction of sp³-hybridized carbons (Fsp3) is 0.682. The molecule has 2 fully saturated rings. The van der Waals surface area contributed by atoms with Crippen molar-refractivity contribution in [3.8, 4) is 5.75 Å². The summed E-state index contributed by atoms with van der Waals surface area (Å²) in [6.07, 6.45) is 2.22. The van der Waals surface area contributed by atoms with Crippen LogP contribution in [0.3, 0.4) is 0 Å². The number of fused-ring (bicyclic) bond motifs is 1. The third kappa shape index (κ3) is 4.60. The van der Waals surface area contributed by atoms with Crippen LogP contribution in [0.2, 0.25) is 0 Å². The molecule has 0 radical (unpaired) electrons. The van der Waals surface area contributed by atoms with Gasteiger partial charge in [0.05, 0.1) is 6.61 Å². The summed E-state index contributed by atoms with van der Waals surface area (Å²) in [4.78, 5) is 15.1. The maximum atomic E-state index is 13.5. The second kappa shape index (κ2) is 8.69. The predicted octanol–water partition coefficient (Wildman–Crippen LogP) is 1.59. The monoisotopic (exact) mass is 450 g/mol. The van der Waals surface area contributed by atoms with Crippen molar-refractivity contribution < 1.29 is 17.9 Å². The first-order valence-corrected chi connectivity index (χ1v) is 12.7. The van der Waals surface area contributed by atoms with E-state index in [9.17, 15) is 13.2 Å².